The molecule has 7 heteroatoms. The average Bonchev–Trinajstić information content (AvgIpc) is 3.24. The first-order chi connectivity index (χ1) is 11.5. The number of benzene rings is 1. The lowest BCUT2D eigenvalue weighted by Crippen LogP contribution is -2.16. The SMILES string of the molecule is Cc1cc2cc(NC(=O)C3CC3c3ccc(F)cc3)nc(Cl)n2n1. The van der Waals surface area contributed by atoms with Gasteiger partial charge in [-0.3, -0.25) is 4.79 Å². The first-order valence-electron chi connectivity index (χ1n) is 7.60. The minimum Gasteiger partial charge on any atom is -0.310 e. The van der Waals surface area contributed by atoms with E-state index in [9.17, 15) is 9.18 Å². The number of nitrogens with zero attached hydrogens (tertiary/aromatic N) is 3. The highest BCUT2D eigenvalue weighted by molar-refractivity contribution is 6.28. The van der Waals surface area contributed by atoms with Gasteiger partial charge in [0.25, 0.3) is 0 Å². The molecule has 2 heterocycles. The monoisotopic (exact) mass is 344 g/mol. The van der Waals surface area contributed by atoms with Crippen LogP contribution in [-0.4, -0.2) is 20.5 Å². The molecule has 0 aliphatic heterocycles. The smallest absolute Gasteiger partial charge is 0.229 e. The van der Waals surface area contributed by atoms with Crippen LogP contribution in [-0.2, 0) is 4.79 Å². The zero-order valence-electron chi connectivity index (χ0n) is 12.8. The molecule has 2 aromatic heterocycles. The Morgan fingerprint density at radius 2 is 2.08 bits per heavy atom. The second-order valence-corrected chi connectivity index (χ2v) is 6.36. The largest absolute Gasteiger partial charge is 0.310 e. The molecule has 1 fully saturated rings. The summed E-state index contributed by atoms with van der Waals surface area (Å²) in [6.07, 6.45) is 0.749. The highest BCUT2D eigenvalue weighted by Crippen LogP contribution is 2.47. The number of rotatable bonds is 3. The molecular formula is C17H14ClFN4O. The highest BCUT2D eigenvalue weighted by atomic mass is 35.5. The predicted molar refractivity (Wildman–Crippen MR) is 88.6 cm³/mol. The third-order valence-electron chi connectivity index (χ3n) is 4.21. The quantitative estimate of drug-likeness (QED) is 0.739. The van der Waals surface area contributed by atoms with E-state index < -0.39 is 0 Å². The molecule has 2 unspecified atom stereocenters. The molecule has 0 spiro atoms. The summed E-state index contributed by atoms with van der Waals surface area (Å²) in [5.41, 5.74) is 2.57. The molecule has 1 aliphatic carbocycles. The van der Waals surface area contributed by atoms with E-state index in [1.807, 2.05) is 13.0 Å². The van der Waals surface area contributed by atoms with E-state index in [4.69, 9.17) is 11.6 Å². The first-order valence-corrected chi connectivity index (χ1v) is 7.98. The standard InChI is InChI=1S/C17H14ClFN4O/c1-9-6-12-7-15(21-17(18)23(12)22-9)20-16(24)14-8-13(14)10-2-4-11(19)5-3-10/h2-7,13-14H,8H2,1H3,(H,20,24). The van der Waals surface area contributed by atoms with E-state index >= 15 is 0 Å². The van der Waals surface area contributed by atoms with Crippen molar-refractivity contribution in [2.75, 3.05) is 5.32 Å². The van der Waals surface area contributed by atoms with Crippen molar-refractivity contribution in [1.82, 2.24) is 14.6 Å². The fourth-order valence-corrected chi connectivity index (χ4v) is 3.16. The molecule has 3 aromatic rings. The van der Waals surface area contributed by atoms with Gasteiger partial charge in [0.05, 0.1) is 11.2 Å². The maximum atomic E-state index is 13.0. The van der Waals surface area contributed by atoms with Crippen LogP contribution in [0.1, 0.15) is 23.6 Å². The van der Waals surface area contributed by atoms with Crippen LogP contribution < -0.4 is 5.32 Å². The van der Waals surface area contributed by atoms with Crippen molar-refractivity contribution in [3.63, 3.8) is 0 Å². The molecule has 1 aliphatic rings. The number of amides is 1. The Hall–Kier alpha value is -2.47. The number of anilines is 1. The second-order valence-electron chi connectivity index (χ2n) is 6.02. The average molecular weight is 345 g/mol. The lowest BCUT2D eigenvalue weighted by molar-refractivity contribution is -0.117. The molecule has 1 aromatic carbocycles. The number of aryl methyl sites for hydroxylation is 1. The van der Waals surface area contributed by atoms with Crippen LogP contribution in [0.2, 0.25) is 5.28 Å². The van der Waals surface area contributed by atoms with Crippen LogP contribution in [0.4, 0.5) is 10.2 Å². The van der Waals surface area contributed by atoms with Gasteiger partial charge in [0, 0.05) is 12.0 Å². The highest BCUT2D eigenvalue weighted by Gasteiger charge is 2.44. The van der Waals surface area contributed by atoms with Crippen molar-refractivity contribution < 1.29 is 9.18 Å². The van der Waals surface area contributed by atoms with Crippen molar-refractivity contribution >= 4 is 28.8 Å². The molecule has 2 atom stereocenters. The molecule has 1 amide bonds. The Morgan fingerprint density at radius 1 is 1.33 bits per heavy atom. The Kier molecular flexibility index (Phi) is 3.49. The van der Waals surface area contributed by atoms with E-state index in [0.717, 1.165) is 23.2 Å². The number of hydrogen-bond acceptors (Lipinski definition) is 3. The summed E-state index contributed by atoms with van der Waals surface area (Å²) in [6.45, 7) is 1.86. The van der Waals surface area contributed by atoms with Crippen LogP contribution in [0.3, 0.4) is 0 Å². The molecule has 4 rings (SSSR count). The third kappa shape index (κ3) is 2.73. The number of fused-ring (bicyclic) bond motifs is 1. The summed E-state index contributed by atoms with van der Waals surface area (Å²) in [5.74, 6) is 0.0280. The minimum absolute atomic E-state index is 0.103. The molecule has 5 nitrogen and oxygen atoms in total. The van der Waals surface area contributed by atoms with Crippen molar-refractivity contribution in [2.45, 2.75) is 19.3 Å². The van der Waals surface area contributed by atoms with Gasteiger partial charge in [-0.25, -0.2) is 13.9 Å². The topological polar surface area (TPSA) is 59.3 Å². The fourth-order valence-electron chi connectivity index (χ4n) is 2.94. The van der Waals surface area contributed by atoms with Gasteiger partial charge in [-0.2, -0.15) is 5.10 Å². The number of halogens is 2. The number of aromatic nitrogens is 3. The molecular weight excluding hydrogens is 331 g/mol. The number of carbonyl (C=O) groups is 1. The van der Waals surface area contributed by atoms with Gasteiger partial charge in [-0.05, 0) is 54.6 Å². The lowest BCUT2D eigenvalue weighted by Gasteiger charge is -2.06. The Morgan fingerprint density at radius 3 is 2.83 bits per heavy atom. The van der Waals surface area contributed by atoms with E-state index in [0.29, 0.717) is 5.82 Å². The number of hydrogen-bond donors (Lipinski definition) is 1. The Balaban J connectivity index is 1.50. The molecule has 0 saturated heterocycles. The van der Waals surface area contributed by atoms with E-state index in [1.54, 1.807) is 18.2 Å². The van der Waals surface area contributed by atoms with Gasteiger partial charge in [0.2, 0.25) is 11.2 Å². The molecule has 24 heavy (non-hydrogen) atoms. The molecule has 0 bridgehead atoms. The maximum Gasteiger partial charge on any atom is 0.229 e. The molecule has 122 valence electrons. The summed E-state index contributed by atoms with van der Waals surface area (Å²) in [7, 11) is 0. The zero-order chi connectivity index (χ0) is 16.8. The van der Waals surface area contributed by atoms with Gasteiger partial charge >= 0.3 is 0 Å². The zero-order valence-corrected chi connectivity index (χ0v) is 13.6. The summed E-state index contributed by atoms with van der Waals surface area (Å²) < 4.78 is 14.5. The normalized spacial score (nSPS) is 19.5. The molecule has 0 radical (unpaired) electrons. The van der Waals surface area contributed by atoms with Crippen molar-refractivity contribution in [1.29, 1.82) is 0 Å². The van der Waals surface area contributed by atoms with Crippen molar-refractivity contribution in [3.8, 4) is 0 Å². The fraction of sp³-hybridized carbons (Fsp3) is 0.235. The van der Waals surface area contributed by atoms with E-state index in [2.05, 4.69) is 15.4 Å². The van der Waals surface area contributed by atoms with Crippen molar-refractivity contribution in [2.24, 2.45) is 5.92 Å². The summed E-state index contributed by atoms with van der Waals surface area (Å²) in [4.78, 5) is 16.5. The second kappa shape index (κ2) is 5.56. The summed E-state index contributed by atoms with van der Waals surface area (Å²) >= 11 is 6.10. The minimum atomic E-state index is -0.274. The predicted octanol–water partition coefficient (Wildman–Crippen LogP) is 3.57. The third-order valence-corrected chi connectivity index (χ3v) is 4.45. The van der Waals surface area contributed by atoms with Gasteiger partial charge in [-0.15, -0.1) is 0 Å². The van der Waals surface area contributed by atoms with Crippen LogP contribution in [0.15, 0.2) is 36.4 Å². The summed E-state index contributed by atoms with van der Waals surface area (Å²) in [6, 6.07) is 9.88. The van der Waals surface area contributed by atoms with Gasteiger partial charge in [0.15, 0.2) is 0 Å². The first kappa shape index (κ1) is 15.1. The van der Waals surface area contributed by atoms with Crippen molar-refractivity contribution in [3.05, 3.63) is 58.8 Å². The van der Waals surface area contributed by atoms with Gasteiger partial charge in [-0.1, -0.05) is 12.1 Å². The molecule has 1 saturated carbocycles. The number of carbonyl (C=O) groups excluding carboxylic acids is 1. The van der Waals surface area contributed by atoms with Gasteiger partial charge < -0.3 is 5.32 Å². The van der Waals surface area contributed by atoms with Crippen LogP contribution in [0.5, 0.6) is 0 Å². The molecule has 1 N–H and O–H groups in total. The van der Waals surface area contributed by atoms with Gasteiger partial charge in [0.1, 0.15) is 11.6 Å². The Labute approximate surface area is 142 Å². The lowest BCUT2D eigenvalue weighted by atomic mass is 10.1. The van der Waals surface area contributed by atoms with Crippen LogP contribution in [0.25, 0.3) is 5.52 Å². The maximum absolute atomic E-state index is 13.0. The van der Waals surface area contributed by atoms with Crippen LogP contribution >= 0.6 is 11.6 Å². The summed E-state index contributed by atoms with van der Waals surface area (Å²) in [5, 5.41) is 7.22. The van der Waals surface area contributed by atoms with E-state index in [-0.39, 0.29) is 28.8 Å². The van der Waals surface area contributed by atoms with E-state index in [1.165, 1.54) is 16.6 Å². The van der Waals surface area contributed by atoms with Crippen LogP contribution in [0, 0.1) is 18.7 Å². The Bertz CT molecular complexity index is 938. The number of nitrogens with one attached hydrogen (secondary N) is 1.